The third-order valence-electron chi connectivity index (χ3n) is 4.87. The van der Waals surface area contributed by atoms with Crippen LogP contribution in [0.4, 0.5) is 0 Å². The van der Waals surface area contributed by atoms with Crippen LogP contribution in [0.2, 0.25) is 0 Å². The van der Waals surface area contributed by atoms with E-state index in [1.54, 1.807) is 12.4 Å². The summed E-state index contributed by atoms with van der Waals surface area (Å²) in [5.41, 5.74) is 11.3. The molecule has 0 aliphatic rings. The lowest BCUT2D eigenvalue weighted by Gasteiger charge is -2.10. The number of nitrogen functional groups attached to an aromatic ring is 1. The summed E-state index contributed by atoms with van der Waals surface area (Å²) in [5, 5.41) is 7.43. The molecule has 5 heteroatoms. The van der Waals surface area contributed by atoms with Gasteiger partial charge in [0.2, 0.25) is 0 Å². The molecule has 0 fully saturated rings. The molecule has 0 aliphatic carbocycles. The molecule has 0 atom stereocenters. The Morgan fingerprint density at radius 1 is 1.07 bits per heavy atom. The second-order valence-electron chi connectivity index (χ2n) is 6.76. The molecule has 0 amide bonds. The molecule has 0 saturated heterocycles. The van der Waals surface area contributed by atoms with Crippen LogP contribution in [-0.2, 0) is 13.0 Å². The number of amidine groups is 1. The summed E-state index contributed by atoms with van der Waals surface area (Å²) in [6, 6.07) is 13.5. The number of nitrogens with two attached hydrogens (primary N) is 1. The lowest BCUT2D eigenvalue weighted by molar-refractivity contribution is 0.0982. The van der Waals surface area contributed by atoms with Gasteiger partial charge < -0.3 is 10.3 Å². The van der Waals surface area contributed by atoms with Gasteiger partial charge in [0.1, 0.15) is 5.84 Å². The van der Waals surface area contributed by atoms with Crippen LogP contribution in [0.25, 0.3) is 0 Å². The molecule has 5 nitrogen and oxygen atoms in total. The number of benzene rings is 1. The zero-order chi connectivity index (χ0) is 19.4. The maximum absolute atomic E-state index is 12.8. The highest BCUT2D eigenvalue weighted by Gasteiger charge is 2.16. The number of hydrogen-bond acceptors (Lipinski definition) is 3. The second-order valence-corrected chi connectivity index (χ2v) is 6.76. The van der Waals surface area contributed by atoms with Crippen molar-refractivity contribution in [3.05, 3.63) is 88.5 Å². The van der Waals surface area contributed by atoms with Crippen LogP contribution >= 0.6 is 0 Å². The van der Waals surface area contributed by atoms with Crippen LogP contribution in [0.3, 0.4) is 0 Å². The molecule has 0 unspecified atom stereocenters. The van der Waals surface area contributed by atoms with Crippen molar-refractivity contribution in [2.45, 2.75) is 33.2 Å². The Kier molecular flexibility index (Phi) is 5.50. The summed E-state index contributed by atoms with van der Waals surface area (Å²) in [4.78, 5) is 16.8. The van der Waals surface area contributed by atoms with Crippen molar-refractivity contribution in [1.29, 1.82) is 5.41 Å². The van der Waals surface area contributed by atoms with Gasteiger partial charge in [0.05, 0.1) is 0 Å². The number of carbonyl (C=O) groups excluding carboxylic acids is 1. The van der Waals surface area contributed by atoms with E-state index >= 15 is 0 Å². The molecule has 27 heavy (non-hydrogen) atoms. The van der Waals surface area contributed by atoms with Crippen LogP contribution in [-0.4, -0.2) is 21.2 Å². The van der Waals surface area contributed by atoms with E-state index in [9.17, 15) is 4.79 Å². The Balaban J connectivity index is 1.70. The first-order valence-electron chi connectivity index (χ1n) is 8.98. The van der Waals surface area contributed by atoms with Crippen molar-refractivity contribution < 1.29 is 4.79 Å². The minimum atomic E-state index is 0.0549. The molecule has 0 saturated carbocycles. The quantitative estimate of drug-likeness (QED) is 0.383. The maximum atomic E-state index is 12.8. The van der Waals surface area contributed by atoms with Crippen LogP contribution < -0.4 is 5.73 Å². The number of aryl methyl sites for hydroxylation is 2. The number of rotatable bonds is 7. The summed E-state index contributed by atoms with van der Waals surface area (Å²) in [5.74, 6) is 0.207. The fraction of sp³-hybridized carbons (Fsp3) is 0.227. The van der Waals surface area contributed by atoms with Crippen molar-refractivity contribution in [2.75, 3.05) is 0 Å². The Labute approximate surface area is 159 Å². The molecule has 2 aromatic heterocycles. The fourth-order valence-electron chi connectivity index (χ4n) is 3.24. The van der Waals surface area contributed by atoms with Crippen molar-refractivity contribution >= 4 is 11.6 Å². The van der Waals surface area contributed by atoms with E-state index < -0.39 is 0 Å². The van der Waals surface area contributed by atoms with Crippen LogP contribution in [0.1, 0.15) is 44.9 Å². The second kappa shape index (κ2) is 7.99. The van der Waals surface area contributed by atoms with E-state index in [2.05, 4.69) is 9.55 Å². The van der Waals surface area contributed by atoms with Crippen LogP contribution in [0, 0.1) is 19.3 Å². The Bertz CT molecular complexity index is 956. The molecule has 3 aromatic rings. The van der Waals surface area contributed by atoms with Gasteiger partial charge in [-0.1, -0.05) is 24.3 Å². The molecule has 138 valence electrons. The number of carbonyl (C=O) groups is 1. The fourth-order valence-corrected chi connectivity index (χ4v) is 3.24. The predicted octanol–water partition coefficient (Wildman–Crippen LogP) is 3.65. The van der Waals surface area contributed by atoms with E-state index in [1.165, 1.54) is 0 Å². The molecule has 3 N–H and O–H groups in total. The number of hydrogen-bond donors (Lipinski definition) is 2. The lowest BCUT2D eigenvalue weighted by Crippen LogP contribution is -2.10. The lowest BCUT2D eigenvalue weighted by atomic mass is 10.0. The van der Waals surface area contributed by atoms with Gasteiger partial charge in [0.15, 0.2) is 5.78 Å². The summed E-state index contributed by atoms with van der Waals surface area (Å²) in [7, 11) is 0. The molecule has 3 rings (SSSR count). The maximum Gasteiger partial charge on any atom is 0.165 e. The van der Waals surface area contributed by atoms with Crippen molar-refractivity contribution in [2.24, 2.45) is 5.73 Å². The first-order chi connectivity index (χ1) is 13.0. The van der Waals surface area contributed by atoms with E-state index in [4.69, 9.17) is 11.1 Å². The predicted molar refractivity (Wildman–Crippen MR) is 107 cm³/mol. The topological polar surface area (TPSA) is 84.8 Å². The number of nitrogens with one attached hydrogen (secondary N) is 1. The zero-order valence-corrected chi connectivity index (χ0v) is 15.7. The SMILES string of the molecule is Cc1cc(C(=O)CCc2ccc(C(=N)N)cc2)c(C)n1Cc1ccncc1. The molecule has 0 bridgehead atoms. The van der Waals surface area contributed by atoms with Gasteiger partial charge in [-0.25, -0.2) is 0 Å². The molecule has 1 aromatic carbocycles. The van der Waals surface area contributed by atoms with Gasteiger partial charge in [-0.2, -0.15) is 0 Å². The summed E-state index contributed by atoms with van der Waals surface area (Å²) in [6.45, 7) is 4.77. The highest BCUT2D eigenvalue weighted by Crippen LogP contribution is 2.19. The number of ketones is 1. The molecule has 0 aliphatic heterocycles. The summed E-state index contributed by atoms with van der Waals surface area (Å²) < 4.78 is 2.17. The summed E-state index contributed by atoms with van der Waals surface area (Å²) in [6.07, 6.45) is 4.70. The Hall–Kier alpha value is -3.21. The van der Waals surface area contributed by atoms with Gasteiger partial charge in [0, 0.05) is 47.9 Å². The minimum absolute atomic E-state index is 0.0549. The highest BCUT2D eigenvalue weighted by atomic mass is 16.1. The molecule has 0 spiro atoms. The standard InChI is InChI=1S/C22H24N4O/c1-15-13-20(16(2)26(15)14-18-9-11-25-12-10-18)21(27)8-5-17-3-6-19(7-4-17)22(23)24/h3-4,6-7,9-13H,5,8,14H2,1-2H3,(H3,23,24). The van der Waals surface area contributed by atoms with E-state index in [0.29, 0.717) is 18.4 Å². The molecule has 2 heterocycles. The molecule has 0 radical (unpaired) electrons. The van der Waals surface area contributed by atoms with Crippen molar-refractivity contribution in [3.63, 3.8) is 0 Å². The van der Waals surface area contributed by atoms with E-state index in [0.717, 1.165) is 34.6 Å². The largest absolute Gasteiger partial charge is 0.384 e. The van der Waals surface area contributed by atoms with Crippen LogP contribution in [0.5, 0.6) is 0 Å². The van der Waals surface area contributed by atoms with Gasteiger partial charge in [-0.05, 0) is 49.6 Å². The van der Waals surface area contributed by atoms with E-state index in [-0.39, 0.29) is 11.6 Å². The van der Waals surface area contributed by atoms with Crippen molar-refractivity contribution in [3.8, 4) is 0 Å². The number of pyridine rings is 1. The molecular weight excluding hydrogens is 336 g/mol. The van der Waals surface area contributed by atoms with Gasteiger partial charge in [-0.3, -0.25) is 15.2 Å². The normalized spacial score (nSPS) is 10.7. The third-order valence-corrected chi connectivity index (χ3v) is 4.87. The minimum Gasteiger partial charge on any atom is -0.384 e. The Morgan fingerprint density at radius 3 is 2.37 bits per heavy atom. The molecular formula is C22H24N4O. The number of Topliss-reactive ketones (excluding diaryl/α,β-unsaturated/α-hetero) is 1. The van der Waals surface area contributed by atoms with Crippen molar-refractivity contribution in [1.82, 2.24) is 9.55 Å². The summed E-state index contributed by atoms with van der Waals surface area (Å²) >= 11 is 0. The average molecular weight is 360 g/mol. The van der Waals surface area contributed by atoms with Gasteiger partial charge in [-0.15, -0.1) is 0 Å². The third kappa shape index (κ3) is 4.31. The monoisotopic (exact) mass is 360 g/mol. The average Bonchev–Trinajstić information content (AvgIpc) is 2.95. The first-order valence-corrected chi connectivity index (χ1v) is 8.98. The van der Waals surface area contributed by atoms with Gasteiger partial charge in [0.25, 0.3) is 0 Å². The zero-order valence-electron chi connectivity index (χ0n) is 15.7. The Morgan fingerprint density at radius 2 is 1.74 bits per heavy atom. The first kappa shape index (κ1) is 18.6. The number of nitrogens with zero attached hydrogens (tertiary/aromatic N) is 2. The smallest absolute Gasteiger partial charge is 0.165 e. The number of aromatic nitrogens is 2. The van der Waals surface area contributed by atoms with Crippen LogP contribution in [0.15, 0.2) is 54.9 Å². The van der Waals surface area contributed by atoms with Gasteiger partial charge >= 0.3 is 0 Å². The van der Waals surface area contributed by atoms with E-state index in [1.807, 2.05) is 56.3 Å². The highest BCUT2D eigenvalue weighted by molar-refractivity contribution is 5.97.